The Balaban J connectivity index is 1.52. The van der Waals surface area contributed by atoms with Crippen molar-refractivity contribution in [3.8, 4) is 17.2 Å². The lowest BCUT2D eigenvalue weighted by molar-refractivity contribution is 0.324. The zero-order valence-electron chi connectivity index (χ0n) is 18.3. The van der Waals surface area contributed by atoms with Crippen molar-refractivity contribution in [2.75, 3.05) is 41.0 Å². The molecule has 0 saturated carbocycles. The van der Waals surface area contributed by atoms with Crippen molar-refractivity contribution >= 4 is 26.9 Å². The number of nitrogens with zero attached hydrogens (tertiary/aromatic N) is 1. The third-order valence-electron chi connectivity index (χ3n) is 4.78. The number of nitrogens with one attached hydrogen (secondary N) is 2. The smallest absolute Gasteiger partial charge is 0.241 e. The Labute approximate surface area is 188 Å². The molecule has 0 aliphatic heterocycles. The molecular formula is C23H27N3O5S. The molecule has 3 aromatic rings. The molecule has 0 fully saturated rings. The van der Waals surface area contributed by atoms with Crippen LogP contribution in [0, 0.1) is 0 Å². The monoisotopic (exact) mass is 457 g/mol. The van der Waals surface area contributed by atoms with E-state index < -0.39 is 10.0 Å². The van der Waals surface area contributed by atoms with Crippen LogP contribution in [-0.2, 0) is 10.0 Å². The normalized spacial score (nSPS) is 11.7. The maximum absolute atomic E-state index is 12.7. The lowest BCUT2D eigenvalue weighted by Gasteiger charge is -2.12. The number of sulfonamides is 1. The first kappa shape index (κ1) is 23.5. The van der Waals surface area contributed by atoms with Crippen molar-refractivity contribution < 1.29 is 22.6 Å². The Morgan fingerprint density at radius 1 is 1.00 bits per heavy atom. The highest BCUT2D eigenvalue weighted by Gasteiger charge is 2.16. The van der Waals surface area contributed by atoms with Crippen LogP contribution in [0.4, 0.5) is 0 Å². The number of fused-ring (bicyclic) bond motifs is 1. The lowest BCUT2D eigenvalue weighted by atomic mass is 10.1. The molecule has 0 aliphatic rings. The Hall–Kier alpha value is -3.14. The second kappa shape index (κ2) is 10.9. The van der Waals surface area contributed by atoms with Gasteiger partial charge in [0.05, 0.1) is 26.2 Å². The molecule has 9 heteroatoms. The average Bonchev–Trinajstić information content (AvgIpc) is 2.82. The van der Waals surface area contributed by atoms with Crippen molar-refractivity contribution in [2.45, 2.75) is 4.90 Å². The first-order valence-electron chi connectivity index (χ1n) is 10.00. The van der Waals surface area contributed by atoms with E-state index in [4.69, 9.17) is 14.2 Å². The van der Waals surface area contributed by atoms with E-state index in [1.54, 1.807) is 51.9 Å². The molecule has 3 rings (SSSR count). The second-order valence-corrected chi connectivity index (χ2v) is 8.55. The van der Waals surface area contributed by atoms with Crippen LogP contribution in [0.3, 0.4) is 0 Å². The summed E-state index contributed by atoms with van der Waals surface area (Å²) < 4.78 is 44.0. The minimum Gasteiger partial charge on any atom is -0.493 e. The quantitative estimate of drug-likeness (QED) is 0.427. The summed E-state index contributed by atoms with van der Waals surface area (Å²) in [6.45, 7) is 1.31. The molecule has 170 valence electrons. The van der Waals surface area contributed by atoms with Gasteiger partial charge < -0.3 is 19.5 Å². The minimum atomic E-state index is -3.62. The van der Waals surface area contributed by atoms with Crippen molar-refractivity contribution in [1.82, 2.24) is 15.0 Å². The summed E-state index contributed by atoms with van der Waals surface area (Å²) in [7, 11) is 1.08. The molecular weight excluding hydrogens is 430 g/mol. The Morgan fingerprint density at radius 3 is 2.44 bits per heavy atom. The minimum absolute atomic E-state index is 0.250. The second-order valence-electron chi connectivity index (χ2n) is 6.82. The molecule has 2 N–H and O–H groups in total. The van der Waals surface area contributed by atoms with E-state index >= 15 is 0 Å². The van der Waals surface area contributed by atoms with Crippen LogP contribution in [0.2, 0.25) is 0 Å². The van der Waals surface area contributed by atoms with E-state index in [1.165, 1.54) is 0 Å². The average molecular weight is 458 g/mol. The molecule has 0 bridgehead atoms. The van der Waals surface area contributed by atoms with E-state index in [0.717, 1.165) is 10.9 Å². The molecule has 8 nitrogen and oxygen atoms in total. The van der Waals surface area contributed by atoms with Crippen molar-refractivity contribution in [2.24, 2.45) is 0 Å². The standard InChI is InChI=1S/C23H27N3O5S/c1-29-20-14-17(15-21(30-2)23(20)31-3)6-5-10-24-12-13-26-32(27,28)22-8-4-7-18-16-25-11-9-19(18)22/h4-9,11,14-16,24,26H,10,12-13H2,1-3H3/b6-5+. The zero-order chi connectivity index (χ0) is 23.0. The van der Waals surface area contributed by atoms with Gasteiger partial charge in [-0.15, -0.1) is 0 Å². The molecule has 0 aliphatic carbocycles. The first-order valence-corrected chi connectivity index (χ1v) is 11.5. The highest BCUT2D eigenvalue weighted by molar-refractivity contribution is 7.89. The van der Waals surface area contributed by atoms with Crippen LogP contribution in [0.5, 0.6) is 17.2 Å². The van der Waals surface area contributed by atoms with Gasteiger partial charge in [-0.25, -0.2) is 13.1 Å². The van der Waals surface area contributed by atoms with Crippen LogP contribution in [0.15, 0.2) is 59.8 Å². The number of ether oxygens (including phenoxy) is 3. The number of hydrogen-bond acceptors (Lipinski definition) is 7. The summed E-state index contributed by atoms with van der Waals surface area (Å²) >= 11 is 0. The highest BCUT2D eigenvalue weighted by Crippen LogP contribution is 2.38. The Morgan fingerprint density at radius 2 is 1.75 bits per heavy atom. The summed E-state index contributed by atoms with van der Waals surface area (Å²) in [5.74, 6) is 1.70. The van der Waals surface area contributed by atoms with E-state index in [9.17, 15) is 8.42 Å². The molecule has 0 amide bonds. The number of methoxy groups -OCH3 is 3. The van der Waals surface area contributed by atoms with E-state index in [2.05, 4.69) is 15.0 Å². The molecule has 1 heterocycles. The van der Waals surface area contributed by atoms with Crippen LogP contribution in [0.25, 0.3) is 16.8 Å². The van der Waals surface area contributed by atoms with Crippen LogP contribution >= 0.6 is 0 Å². The van der Waals surface area contributed by atoms with Crippen LogP contribution < -0.4 is 24.2 Å². The zero-order valence-corrected chi connectivity index (χ0v) is 19.1. The van der Waals surface area contributed by atoms with E-state index in [0.29, 0.717) is 35.7 Å². The largest absolute Gasteiger partial charge is 0.493 e. The van der Waals surface area contributed by atoms with Crippen molar-refractivity contribution in [1.29, 1.82) is 0 Å². The van der Waals surface area contributed by atoms with Gasteiger partial charge in [-0.05, 0) is 29.8 Å². The van der Waals surface area contributed by atoms with Crippen LogP contribution in [-0.4, -0.2) is 54.4 Å². The van der Waals surface area contributed by atoms with Gasteiger partial charge in [0.25, 0.3) is 0 Å². The Kier molecular flexibility index (Phi) is 8.04. The van der Waals surface area contributed by atoms with Gasteiger partial charge in [0, 0.05) is 42.8 Å². The highest BCUT2D eigenvalue weighted by atomic mass is 32.2. The van der Waals surface area contributed by atoms with Gasteiger partial charge in [-0.2, -0.15) is 0 Å². The number of hydrogen-bond donors (Lipinski definition) is 2. The molecule has 0 spiro atoms. The lowest BCUT2D eigenvalue weighted by Crippen LogP contribution is -2.32. The van der Waals surface area contributed by atoms with E-state index in [-0.39, 0.29) is 11.4 Å². The first-order chi connectivity index (χ1) is 15.5. The predicted molar refractivity (Wildman–Crippen MR) is 125 cm³/mol. The number of pyridine rings is 1. The summed E-state index contributed by atoms with van der Waals surface area (Å²) in [6.07, 6.45) is 7.10. The number of benzene rings is 2. The van der Waals surface area contributed by atoms with Crippen molar-refractivity contribution in [3.63, 3.8) is 0 Å². The molecule has 1 aromatic heterocycles. The Bertz CT molecular complexity index is 1160. The number of rotatable bonds is 11. The summed E-state index contributed by atoms with van der Waals surface area (Å²) in [4.78, 5) is 4.29. The topological polar surface area (TPSA) is 98.8 Å². The maximum atomic E-state index is 12.7. The van der Waals surface area contributed by atoms with Gasteiger partial charge in [0.15, 0.2) is 11.5 Å². The molecule has 0 atom stereocenters. The summed E-state index contributed by atoms with van der Waals surface area (Å²) in [5, 5.41) is 4.62. The maximum Gasteiger partial charge on any atom is 0.241 e. The molecule has 0 saturated heterocycles. The molecule has 32 heavy (non-hydrogen) atoms. The van der Waals surface area contributed by atoms with E-state index in [1.807, 2.05) is 30.4 Å². The van der Waals surface area contributed by atoms with Gasteiger partial charge in [0.2, 0.25) is 15.8 Å². The SMILES string of the molecule is COc1cc(/C=C/CNCCNS(=O)(=O)c2cccc3cnccc23)cc(OC)c1OC. The summed E-state index contributed by atoms with van der Waals surface area (Å²) in [5.41, 5.74) is 0.896. The fourth-order valence-corrected chi connectivity index (χ4v) is 4.52. The van der Waals surface area contributed by atoms with Crippen LogP contribution in [0.1, 0.15) is 5.56 Å². The number of aromatic nitrogens is 1. The van der Waals surface area contributed by atoms with Gasteiger partial charge >= 0.3 is 0 Å². The fraction of sp³-hybridized carbons (Fsp3) is 0.261. The molecule has 2 aromatic carbocycles. The van der Waals surface area contributed by atoms with Crippen molar-refractivity contribution in [3.05, 3.63) is 60.4 Å². The van der Waals surface area contributed by atoms with Gasteiger partial charge in [0.1, 0.15) is 0 Å². The third-order valence-corrected chi connectivity index (χ3v) is 6.30. The molecule has 0 radical (unpaired) electrons. The van der Waals surface area contributed by atoms with Gasteiger partial charge in [-0.3, -0.25) is 4.98 Å². The predicted octanol–water partition coefficient (Wildman–Crippen LogP) is 2.84. The molecule has 0 unspecified atom stereocenters. The third kappa shape index (κ3) is 5.56. The fourth-order valence-electron chi connectivity index (χ4n) is 3.26. The van der Waals surface area contributed by atoms with Gasteiger partial charge in [-0.1, -0.05) is 24.3 Å². The summed E-state index contributed by atoms with van der Waals surface area (Å²) in [6, 6.07) is 10.6.